The standard InChI is InChI=1S/C6H6O3/c1-3-5-9-6(7)8-4-2/h1,4H,2,5H2. The maximum atomic E-state index is 10.2. The van der Waals surface area contributed by atoms with Gasteiger partial charge in [-0.15, -0.1) is 6.42 Å². The van der Waals surface area contributed by atoms with Crippen molar-refractivity contribution in [1.29, 1.82) is 0 Å². The Kier molecular flexibility index (Phi) is 3.97. The van der Waals surface area contributed by atoms with Crippen LogP contribution in [0.15, 0.2) is 12.8 Å². The van der Waals surface area contributed by atoms with E-state index in [1.54, 1.807) is 0 Å². The molecule has 0 fully saturated rings. The average Bonchev–Trinajstić information content (AvgIpc) is 1.85. The molecule has 3 nitrogen and oxygen atoms in total. The third kappa shape index (κ3) is 4.42. The summed E-state index contributed by atoms with van der Waals surface area (Å²) in [6, 6.07) is 0. The number of carbonyl (C=O) groups excluding carboxylic acids is 1. The van der Waals surface area contributed by atoms with Crippen molar-refractivity contribution in [2.75, 3.05) is 6.61 Å². The van der Waals surface area contributed by atoms with Crippen LogP contribution in [-0.4, -0.2) is 12.8 Å². The van der Waals surface area contributed by atoms with Crippen LogP contribution in [0.3, 0.4) is 0 Å². The highest BCUT2D eigenvalue weighted by Crippen LogP contribution is 1.82. The summed E-state index contributed by atoms with van der Waals surface area (Å²) in [5.41, 5.74) is 0. The van der Waals surface area contributed by atoms with Crippen molar-refractivity contribution < 1.29 is 14.3 Å². The van der Waals surface area contributed by atoms with Crippen LogP contribution in [0.5, 0.6) is 0 Å². The zero-order valence-electron chi connectivity index (χ0n) is 4.79. The van der Waals surface area contributed by atoms with Gasteiger partial charge in [0, 0.05) is 0 Å². The molecule has 3 heteroatoms. The molecule has 9 heavy (non-hydrogen) atoms. The molecule has 48 valence electrons. The molecule has 0 heterocycles. The van der Waals surface area contributed by atoms with Gasteiger partial charge in [0.05, 0.1) is 6.26 Å². The molecule has 0 radical (unpaired) electrons. The van der Waals surface area contributed by atoms with E-state index in [1.165, 1.54) is 0 Å². The summed E-state index contributed by atoms with van der Waals surface area (Å²) in [6.07, 6.45) is 4.90. The highest BCUT2D eigenvalue weighted by molar-refractivity contribution is 5.60. The number of rotatable bonds is 2. The fourth-order valence-electron chi connectivity index (χ4n) is 0.203. The minimum atomic E-state index is -0.831. The van der Waals surface area contributed by atoms with E-state index in [9.17, 15) is 4.79 Å². The monoisotopic (exact) mass is 126 g/mol. The first kappa shape index (κ1) is 7.57. The molecule has 0 aliphatic rings. The van der Waals surface area contributed by atoms with Crippen molar-refractivity contribution in [3.63, 3.8) is 0 Å². The molecule has 0 aromatic heterocycles. The second-order valence-electron chi connectivity index (χ2n) is 1.03. The van der Waals surface area contributed by atoms with Gasteiger partial charge in [0.2, 0.25) is 0 Å². The molecule has 0 N–H and O–H groups in total. The average molecular weight is 126 g/mol. The summed E-state index contributed by atoms with van der Waals surface area (Å²) in [5, 5.41) is 0. The smallest absolute Gasteiger partial charge is 0.421 e. The number of hydrogen-bond acceptors (Lipinski definition) is 3. The molecule has 0 atom stereocenters. The van der Waals surface area contributed by atoms with Crippen molar-refractivity contribution in [3.05, 3.63) is 12.8 Å². The van der Waals surface area contributed by atoms with Gasteiger partial charge in [-0.2, -0.15) is 0 Å². The lowest BCUT2D eigenvalue weighted by Gasteiger charge is -1.95. The highest BCUT2D eigenvalue weighted by atomic mass is 16.7. The third-order valence-electron chi connectivity index (χ3n) is 0.453. The maximum absolute atomic E-state index is 10.2. The second kappa shape index (κ2) is 4.72. The maximum Gasteiger partial charge on any atom is 0.514 e. The molecule has 0 unspecified atom stereocenters. The molecule has 0 aliphatic heterocycles. The van der Waals surface area contributed by atoms with Crippen LogP contribution in [-0.2, 0) is 9.47 Å². The van der Waals surface area contributed by atoms with E-state index in [0.29, 0.717) is 0 Å². The van der Waals surface area contributed by atoms with Gasteiger partial charge < -0.3 is 9.47 Å². The molecule has 0 rings (SSSR count). The van der Waals surface area contributed by atoms with Crippen LogP contribution in [0.25, 0.3) is 0 Å². The Morgan fingerprint density at radius 3 is 3.00 bits per heavy atom. The summed E-state index contributed by atoms with van der Waals surface area (Å²) in [4.78, 5) is 10.2. The van der Waals surface area contributed by atoms with Gasteiger partial charge in [0.25, 0.3) is 0 Å². The SMILES string of the molecule is C#CCOC(=O)OC=C. The van der Waals surface area contributed by atoms with E-state index < -0.39 is 6.16 Å². The van der Waals surface area contributed by atoms with E-state index in [0.717, 1.165) is 6.26 Å². The number of ether oxygens (including phenoxy) is 2. The Morgan fingerprint density at radius 1 is 1.89 bits per heavy atom. The van der Waals surface area contributed by atoms with Crippen molar-refractivity contribution in [2.24, 2.45) is 0 Å². The number of carbonyl (C=O) groups is 1. The first-order chi connectivity index (χ1) is 4.31. The van der Waals surface area contributed by atoms with Crippen molar-refractivity contribution in [1.82, 2.24) is 0 Å². The van der Waals surface area contributed by atoms with Crippen molar-refractivity contribution in [3.8, 4) is 12.3 Å². The lowest BCUT2D eigenvalue weighted by Crippen LogP contribution is -2.02. The normalized spacial score (nSPS) is 7.00. The summed E-state index contributed by atoms with van der Waals surface area (Å²) in [6.45, 7) is 3.06. The van der Waals surface area contributed by atoms with Crippen LogP contribution < -0.4 is 0 Å². The molecular formula is C6H6O3. The first-order valence-corrected chi connectivity index (χ1v) is 2.19. The van der Waals surface area contributed by atoms with E-state index >= 15 is 0 Å². The molecule has 0 saturated carbocycles. The molecule has 0 aliphatic carbocycles. The molecule has 0 bridgehead atoms. The van der Waals surface area contributed by atoms with Crippen LogP contribution >= 0.6 is 0 Å². The summed E-state index contributed by atoms with van der Waals surface area (Å²) in [5.74, 6) is 2.10. The summed E-state index contributed by atoms with van der Waals surface area (Å²) < 4.78 is 8.41. The fraction of sp³-hybridized carbons (Fsp3) is 0.167. The lowest BCUT2D eigenvalue weighted by atomic mass is 10.8. The quantitative estimate of drug-likeness (QED) is 0.313. The molecule has 0 spiro atoms. The van der Waals surface area contributed by atoms with Gasteiger partial charge in [0.15, 0.2) is 6.61 Å². The van der Waals surface area contributed by atoms with E-state index in [4.69, 9.17) is 6.42 Å². The Labute approximate surface area is 53.3 Å². The van der Waals surface area contributed by atoms with Gasteiger partial charge in [0.1, 0.15) is 0 Å². The molecule has 0 saturated heterocycles. The van der Waals surface area contributed by atoms with Gasteiger partial charge in [-0.05, 0) is 0 Å². The molecule has 0 aromatic carbocycles. The lowest BCUT2D eigenvalue weighted by molar-refractivity contribution is 0.0962. The van der Waals surface area contributed by atoms with Crippen molar-refractivity contribution in [2.45, 2.75) is 0 Å². The summed E-state index contributed by atoms with van der Waals surface area (Å²) in [7, 11) is 0. The Hall–Kier alpha value is -1.43. The largest absolute Gasteiger partial charge is 0.514 e. The predicted octanol–water partition coefficient (Wildman–Crippen LogP) is 0.916. The van der Waals surface area contributed by atoms with Gasteiger partial charge >= 0.3 is 6.16 Å². The topological polar surface area (TPSA) is 35.5 Å². The van der Waals surface area contributed by atoms with E-state index in [-0.39, 0.29) is 6.61 Å². The second-order valence-corrected chi connectivity index (χ2v) is 1.03. The van der Waals surface area contributed by atoms with Crippen molar-refractivity contribution >= 4 is 6.16 Å². The molecular weight excluding hydrogens is 120 g/mol. The van der Waals surface area contributed by atoms with Gasteiger partial charge in [-0.25, -0.2) is 4.79 Å². The van der Waals surface area contributed by atoms with Crippen LogP contribution in [0.2, 0.25) is 0 Å². The van der Waals surface area contributed by atoms with Crippen LogP contribution in [0.1, 0.15) is 0 Å². The van der Waals surface area contributed by atoms with Crippen LogP contribution in [0.4, 0.5) is 4.79 Å². The number of terminal acetylenes is 1. The van der Waals surface area contributed by atoms with E-state index in [1.807, 2.05) is 0 Å². The zero-order chi connectivity index (χ0) is 7.11. The van der Waals surface area contributed by atoms with Gasteiger partial charge in [-0.1, -0.05) is 12.5 Å². The summed E-state index contributed by atoms with van der Waals surface area (Å²) >= 11 is 0. The van der Waals surface area contributed by atoms with E-state index in [2.05, 4.69) is 22.0 Å². The molecule has 0 amide bonds. The highest BCUT2D eigenvalue weighted by Gasteiger charge is 1.96. The third-order valence-corrected chi connectivity index (χ3v) is 0.453. The zero-order valence-corrected chi connectivity index (χ0v) is 4.79. The minimum absolute atomic E-state index is 0.0767. The van der Waals surface area contributed by atoms with Gasteiger partial charge in [-0.3, -0.25) is 0 Å². The first-order valence-electron chi connectivity index (χ1n) is 2.19. The molecule has 0 aromatic rings. The van der Waals surface area contributed by atoms with Crippen LogP contribution in [0, 0.1) is 12.3 Å². The Balaban J connectivity index is 3.29. The number of hydrogen-bond donors (Lipinski definition) is 0. The minimum Gasteiger partial charge on any atom is -0.421 e. The predicted molar refractivity (Wildman–Crippen MR) is 31.5 cm³/mol. The Morgan fingerprint density at radius 2 is 2.56 bits per heavy atom. The Bertz CT molecular complexity index is 143. The fourth-order valence-corrected chi connectivity index (χ4v) is 0.203.